The molecule has 0 unspecified atom stereocenters. The third-order valence-electron chi connectivity index (χ3n) is 3.60. The van der Waals surface area contributed by atoms with Crippen molar-refractivity contribution in [1.29, 1.82) is 0 Å². The number of sulfonamides is 1. The van der Waals surface area contributed by atoms with Gasteiger partial charge in [-0.05, 0) is 24.1 Å². The molecule has 3 amide bonds. The Bertz CT molecular complexity index is 1010. The highest BCUT2D eigenvalue weighted by Crippen LogP contribution is 2.28. The highest BCUT2D eigenvalue weighted by Gasteiger charge is 2.24. The van der Waals surface area contributed by atoms with E-state index in [2.05, 4.69) is 33.2 Å². The predicted molar refractivity (Wildman–Crippen MR) is 107 cm³/mol. The predicted octanol–water partition coefficient (Wildman–Crippen LogP) is 1.42. The molecule has 0 aliphatic rings. The number of hydrogen-bond acceptors (Lipinski definition) is 9. The summed E-state index contributed by atoms with van der Waals surface area (Å²) in [6.07, 6.45) is 0.729. The third kappa shape index (κ3) is 5.48. The summed E-state index contributed by atoms with van der Waals surface area (Å²) in [4.78, 5) is 30.9. The highest BCUT2D eigenvalue weighted by atomic mass is 32.2. The van der Waals surface area contributed by atoms with Crippen LogP contribution >= 0.6 is 12.6 Å². The number of ether oxygens (including phenoxy) is 2. The molecule has 2 aromatic rings. The van der Waals surface area contributed by atoms with E-state index in [-0.39, 0.29) is 28.3 Å². The molecule has 0 spiro atoms. The first-order valence-corrected chi connectivity index (χ1v) is 10.0. The van der Waals surface area contributed by atoms with Crippen molar-refractivity contribution in [2.75, 3.05) is 24.9 Å². The van der Waals surface area contributed by atoms with E-state index in [1.165, 1.54) is 32.4 Å². The minimum Gasteiger partial charge on any atom is -0.481 e. The quantitative estimate of drug-likeness (QED) is 0.355. The summed E-state index contributed by atoms with van der Waals surface area (Å²) in [5, 5.41) is 4.57. The molecule has 0 aliphatic carbocycles. The smallest absolute Gasteiger partial charge is 0.335 e. The van der Waals surface area contributed by atoms with Crippen molar-refractivity contribution in [1.82, 2.24) is 14.7 Å². The van der Waals surface area contributed by atoms with Crippen LogP contribution in [0.1, 0.15) is 12.5 Å². The molecule has 0 atom stereocenters. The van der Waals surface area contributed by atoms with Crippen LogP contribution in [0.4, 0.5) is 16.4 Å². The molecule has 29 heavy (non-hydrogen) atoms. The van der Waals surface area contributed by atoms with Crippen LogP contribution in [0.5, 0.6) is 11.8 Å². The molecule has 0 aliphatic heterocycles. The number of aromatic nitrogens is 2. The summed E-state index contributed by atoms with van der Waals surface area (Å²) in [6.45, 7) is 1.73. The van der Waals surface area contributed by atoms with Crippen molar-refractivity contribution in [3.63, 3.8) is 0 Å². The molecule has 1 heterocycles. The Morgan fingerprint density at radius 1 is 1.17 bits per heavy atom. The fourth-order valence-corrected chi connectivity index (χ4v) is 4.11. The van der Waals surface area contributed by atoms with Gasteiger partial charge in [-0.25, -0.2) is 17.9 Å². The summed E-state index contributed by atoms with van der Waals surface area (Å²) >= 11 is 4.26. The van der Waals surface area contributed by atoms with Gasteiger partial charge in [-0.15, -0.1) is 12.6 Å². The van der Waals surface area contributed by atoms with Gasteiger partial charge in [0.15, 0.2) is 0 Å². The minimum absolute atomic E-state index is 0.107. The number of anilines is 2. The second-order valence-electron chi connectivity index (χ2n) is 5.42. The van der Waals surface area contributed by atoms with Crippen molar-refractivity contribution in [3.8, 4) is 11.8 Å². The SMILES string of the molecule is CCc1c(S)cc(NC=O)cc1S(=O)(=O)NC(=O)Nc1nc(OC)cc(OC)n1. The lowest BCUT2D eigenvalue weighted by Crippen LogP contribution is -2.35. The van der Waals surface area contributed by atoms with E-state index in [0.29, 0.717) is 23.3 Å². The molecule has 2 rings (SSSR count). The number of nitrogens with zero attached hydrogens (tertiary/aromatic N) is 2. The second kappa shape index (κ2) is 9.43. The second-order valence-corrected chi connectivity index (χ2v) is 7.56. The van der Waals surface area contributed by atoms with Gasteiger partial charge in [0.05, 0.1) is 25.2 Å². The number of carbonyl (C=O) groups is 2. The fraction of sp³-hybridized carbons (Fsp3) is 0.250. The number of benzene rings is 1. The molecule has 0 radical (unpaired) electrons. The van der Waals surface area contributed by atoms with Crippen LogP contribution in [-0.2, 0) is 21.2 Å². The van der Waals surface area contributed by atoms with Gasteiger partial charge in [0.25, 0.3) is 10.0 Å². The largest absolute Gasteiger partial charge is 0.481 e. The number of nitrogens with one attached hydrogen (secondary N) is 3. The molecule has 156 valence electrons. The summed E-state index contributed by atoms with van der Waals surface area (Å²) in [6, 6.07) is 3.02. The van der Waals surface area contributed by atoms with Gasteiger partial charge in [0.2, 0.25) is 24.1 Å². The number of rotatable bonds is 8. The maximum absolute atomic E-state index is 12.8. The Morgan fingerprint density at radius 2 is 1.79 bits per heavy atom. The van der Waals surface area contributed by atoms with Gasteiger partial charge in [0.1, 0.15) is 0 Å². The number of urea groups is 1. The maximum Gasteiger partial charge on any atom is 0.335 e. The zero-order valence-corrected chi connectivity index (χ0v) is 17.4. The first-order valence-electron chi connectivity index (χ1n) is 8.11. The number of amides is 3. The first kappa shape index (κ1) is 22.2. The Balaban J connectivity index is 2.31. The number of methoxy groups -OCH3 is 2. The van der Waals surface area contributed by atoms with Crippen molar-refractivity contribution >= 4 is 46.7 Å². The zero-order valence-electron chi connectivity index (χ0n) is 15.7. The van der Waals surface area contributed by atoms with E-state index >= 15 is 0 Å². The van der Waals surface area contributed by atoms with E-state index < -0.39 is 16.1 Å². The molecule has 1 aromatic carbocycles. The summed E-state index contributed by atoms with van der Waals surface area (Å²) in [7, 11) is -1.58. The van der Waals surface area contributed by atoms with Crippen molar-refractivity contribution < 1.29 is 27.5 Å². The number of hydrogen-bond donors (Lipinski definition) is 4. The molecule has 0 fully saturated rings. The Kier molecular flexibility index (Phi) is 7.23. The number of carbonyl (C=O) groups excluding carboxylic acids is 2. The van der Waals surface area contributed by atoms with Crippen LogP contribution in [0.2, 0.25) is 0 Å². The molecule has 3 N–H and O–H groups in total. The Morgan fingerprint density at radius 3 is 2.31 bits per heavy atom. The normalized spacial score (nSPS) is 10.8. The zero-order chi connectivity index (χ0) is 21.6. The maximum atomic E-state index is 12.8. The lowest BCUT2D eigenvalue weighted by atomic mass is 10.1. The van der Waals surface area contributed by atoms with Gasteiger partial charge in [-0.2, -0.15) is 9.97 Å². The van der Waals surface area contributed by atoms with E-state index in [1.807, 2.05) is 4.72 Å². The van der Waals surface area contributed by atoms with E-state index in [0.717, 1.165) is 0 Å². The lowest BCUT2D eigenvalue weighted by Gasteiger charge is -2.14. The van der Waals surface area contributed by atoms with Crippen molar-refractivity contribution in [2.45, 2.75) is 23.1 Å². The molecule has 0 bridgehead atoms. The van der Waals surface area contributed by atoms with E-state index in [4.69, 9.17) is 9.47 Å². The van der Waals surface area contributed by atoms with Crippen LogP contribution in [0, 0.1) is 0 Å². The summed E-state index contributed by atoms with van der Waals surface area (Å²) < 4.78 is 37.3. The van der Waals surface area contributed by atoms with Gasteiger partial charge in [-0.1, -0.05) is 6.92 Å². The minimum atomic E-state index is -4.30. The fourth-order valence-electron chi connectivity index (χ4n) is 2.35. The molecule has 1 aromatic heterocycles. The third-order valence-corrected chi connectivity index (χ3v) is 5.40. The lowest BCUT2D eigenvalue weighted by molar-refractivity contribution is -0.105. The summed E-state index contributed by atoms with van der Waals surface area (Å²) in [5.74, 6) is -0.0119. The molecule has 0 saturated heterocycles. The average molecular weight is 441 g/mol. The van der Waals surface area contributed by atoms with Crippen molar-refractivity contribution in [2.24, 2.45) is 0 Å². The van der Waals surface area contributed by atoms with E-state index in [1.54, 1.807) is 6.92 Å². The molecule has 11 nitrogen and oxygen atoms in total. The van der Waals surface area contributed by atoms with Gasteiger partial charge < -0.3 is 14.8 Å². The van der Waals surface area contributed by atoms with Crippen LogP contribution in [0.15, 0.2) is 28.0 Å². The number of thiol groups is 1. The Hall–Kier alpha value is -3.06. The van der Waals surface area contributed by atoms with Crippen LogP contribution in [0.25, 0.3) is 0 Å². The van der Waals surface area contributed by atoms with Crippen molar-refractivity contribution in [3.05, 3.63) is 23.8 Å². The van der Waals surface area contributed by atoms with E-state index in [9.17, 15) is 18.0 Å². The highest BCUT2D eigenvalue weighted by molar-refractivity contribution is 7.90. The van der Waals surface area contributed by atoms with Gasteiger partial charge in [-0.3, -0.25) is 10.1 Å². The molecular formula is C16H19N5O6S2. The van der Waals surface area contributed by atoms with Gasteiger partial charge >= 0.3 is 6.03 Å². The van der Waals surface area contributed by atoms with Crippen LogP contribution < -0.4 is 24.8 Å². The monoisotopic (exact) mass is 441 g/mol. The topological polar surface area (TPSA) is 149 Å². The standard InChI is InChI=1S/C16H19N5O6S2/c1-4-10-11(28)5-9(17-8-22)6-12(10)29(24,25)21-16(23)20-15-18-13(26-2)7-14(19-15)27-3/h5-8,28H,4H2,1-3H3,(H,17,22)(H2,18,19,20,21,23). The summed E-state index contributed by atoms with van der Waals surface area (Å²) in [5.41, 5.74) is 0.591. The van der Waals surface area contributed by atoms with Crippen LogP contribution in [0.3, 0.4) is 0 Å². The average Bonchev–Trinajstić information content (AvgIpc) is 2.66. The van der Waals surface area contributed by atoms with Gasteiger partial charge in [0, 0.05) is 10.6 Å². The first-order chi connectivity index (χ1) is 13.7. The molecular weight excluding hydrogens is 422 g/mol. The van der Waals surface area contributed by atoms with Crippen LogP contribution in [-0.4, -0.2) is 45.0 Å². The molecule has 13 heteroatoms. The molecule has 0 saturated carbocycles. The Labute approximate surface area is 172 Å².